The van der Waals surface area contributed by atoms with E-state index in [0.29, 0.717) is 51.0 Å². The molecule has 0 aliphatic rings. The van der Waals surface area contributed by atoms with Gasteiger partial charge in [0.1, 0.15) is 12.7 Å². The summed E-state index contributed by atoms with van der Waals surface area (Å²) in [4.78, 5) is 30.5. The van der Waals surface area contributed by atoms with Crippen LogP contribution in [0, 0.1) is 5.92 Å². The lowest BCUT2D eigenvalue weighted by molar-refractivity contribution is -0.145. The van der Waals surface area contributed by atoms with E-state index >= 15 is 0 Å². The van der Waals surface area contributed by atoms with Crippen molar-refractivity contribution in [3.8, 4) is 0 Å². The predicted octanol–water partition coefficient (Wildman–Crippen LogP) is 13.7. The van der Waals surface area contributed by atoms with Gasteiger partial charge in [-0.15, -0.1) is 0 Å². The number of hydrogen-bond acceptors (Lipinski definition) is 7. The molecule has 0 amide bonds. The van der Waals surface area contributed by atoms with E-state index in [1.165, 1.54) is 141 Å². The molecule has 54 heavy (non-hydrogen) atoms. The third kappa shape index (κ3) is 34.0. The zero-order valence-corrected chi connectivity index (χ0v) is 37.4. The second kappa shape index (κ2) is 39.9. The van der Waals surface area contributed by atoms with E-state index < -0.39 is 6.16 Å². The molecule has 0 saturated heterocycles. The molecule has 0 saturated carbocycles. The Morgan fingerprint density at radius 3 is 1.43 bits per heavy atom. The van der Waals surface area contributed by atoms with Crippen LogP contribution in [0.3, 0.4) is 0 Å². The summed E-state index contributed by atoms with van der Waals surface area (Å²) in [6.45, 7) is 21.2. The van der Waals surface area contributed by atoms with Gasteiger partial charge in [-0.25, -0.2) is 4.79 Å². The Bertz CT molecular complexity index is 805. The van der Waals surface area contributed by atoms with Gasteiger partial charge in [0.25, 0.3) is 0 Å². The summed E-state index contributed by atoms with van der Waals surface area (Å²) in [7, 11) is 0. The van der Waals surface area contributed by atoms with Crippen molar-refractivity contribution in [2.24, 2.45) is 5.92 Å². The first-order chi connectivity index (χ1) is 26.3. The second-order valence-electron chi connectivity index (χ2n) is 16.5. The van der Waals surface area contributed by atoms with E-state index in [1.807, 2.05) is 0 Å². The van der Waals surface area contributed by atoms with Crippen LogP contribution < -0.4 is 0 Å². The fourth-order valence-corrected chi connectivity index (χ4v) is 7.47. The number of carbonyl (C=O) groups excluding carboxylic acids is 2. The highest BCUT2D eigenvalue weighted by atomic mass is 16.7. The molecule has 0 aromatic rings. The zero-order chi connectivity index (χ0) is 39.9. The van der Waals surface area contributed by atoms with Crippen LogP contribution in [0.4, 0.5) is 4.79 Å². The Balaban J connectivity index is 4.77. The van der Waals surface area contributed by atoms with Gasteiger partial charge in [0, 0.05) is 32.1 Å². The van der Waals surface area contributed by atoms with Crippen LogP contribution in [-0.4, -0.2) is 80.0 Å². The minimum atomic E-state index is -0.582. The monoisotopic (exact) mass is 767 g/mol. The van der Waals surface area contributed by atoms with Gasteiger partial charge < -0.3 is 19.1 Å². The standard InChI is InChI=1S/C47H94N2O5/c1-8-13-16-19-21-23-24-26-28-30-34-44(33-29-27-25-22-20-17-14-9-2)42-53-46(50)37-32-36-45(35-31-18-15-10-3)54-47(51)52-41-40-49(43(6)7)39-38-48(11-4)12-5/h43-45H,8-42H2,1-7H3/t44?,45-/m0/s1. The number of carbonyl (C=O) groups is 2. The summed E-state index contributed by atoms with van der Waals surface area (Å²) in [6.07, 6.45) is 32.7. The molecule has 0 radical (unpaired) electrons. The second-order valence-corrected chi connectivity index (χ2v) is 16.5. The Hall–Kier alpha value is -1.34. The minimum absolute atomic E-state index is 0.107. The molecule has 0 rings (SSSR count). The van der Waals surface area contributed by atoms with E-state index in [4.69, 9.17) is 14.2 Å². The van der Waals surface area contributed by atoms with Crippen LogP contribution in [0.25, 0.3) is 0 Å². The SMILES string of the molecule is CCCCCCCCCCCCC(CCCCCCCCCC)COC(=O)CCC[C@H](CCCCCC)OC(=O)OCCN(CCN(CC)CC)C(C)C. The first kappa shape index (κ1) is 52.7. The molecule has 0 fully saturated rings. The van der Waals surface area contributed by atoms with Crippen LogP contribution in [0.15, 0.2) is 0 Å². The Morgan fingerprint density at radius 2 is 0.944 bits per heavy atom. The average Bonchev–Trinajstić information content (AvgIpc) is 3.16. The molecule has 0 bridgehead atoms. The lowest BCUT2D eigenvalue weighted by Gasteiger charge is -2.29. The zero-order valence-electron chi connectivity index (χ0n) is 37.4. The number of likely N-dealkylation sites (N-methyl/N-ethyl adjacent to an activating group) is 1. The highest BCUT2D eigenvalue weighted by Gasteiger charge is 2.19. The van der Waals surface area contributed by atoms with Gasteiger partial charge in [-0.3, -0.25) is 9.69 Å². The molecule has 0 aliphatic heterocycles. The van der Waals surface area contributed by atoms with E-state index in [0.717, 1.165) is 45.4 Å². The van der Waals surface area contributed by atoms with Crippen molar-refractivity contribution < 1.29 is 23.8 Å². The number of rotatable bonds is 41. The summed E-state index contributed by atoms with van der Waals surface area (Å²) >= 11 is 0. The molecule has 0 heterocycles. The van der Waals surface area contributed by atoms with Crippen molar-refractivity contribution in [3.05, 3.63) is 0 Å². The molecular weight excluding hydrogens is 673 g/mol. The smallest absolute Gasteiger partial charge is 0.465 e. The van der Waals surface area contributed by atoms with Crippen molar-refractivity contribution in [1.82, 2.24) is 9.80 Å². The van der Waals surface area contributed by atoms with Gasteiger partial charge >= 0.3 is 12.1 Å². The quantitative estimate of drug-likeness (QED) is 0.0453. The number of esters is 1. The number of nitrogens with zero attached hydrogens (tertiary/aromatic N) is 2. The molecule has 2 atom stereocenters. The van der Waals surface area contributed by atoms with Crippen molar-refractivity contribution in [3.63, 3.8) is 0 Å². The minimum Gasteiger partial charge on any atom is -0.465 e. The first-order valence-electron chi connectivity index (χ1n) is 23.8. The van der Waals surface area contributed by atoms with Crippen LogP contribution in [0.2, 0.25) is 0 Å². The van der Waals surface area contributed by atoms with Crippen molar-refractivity contribution in [2.45, 2.75) is 240 Å². The van der Waals surface area contributed by atoms with Gasteiger partial charge in [0.05, 0.1) is 6.61 Å². The molecule has 322 valence electrons. The Labute approximate surface area is 337 Å². The predicted molar refractivity (Wildman–Crippen MR) is 231 cm³/mol. The summed E-state index contributed by atoms with van der Waals surface area (Å²) in [5, 5.41) is 0. The highest BCUT2D eigenvalue weighted by molar-refractivity contribution is 5.69. The van der Waals surface area contributed by atoms with Crippen LogP contribution in [-0.2, 0) is 19.0 Å². The lowest BCUT2D eigenvalue weighted by Crippen LogP contribution is -2.40. The molecule has 7 heteroatoms. The van der Waals surface area contributed by atoms with Gasteiger partial charge in [-0.05, 0) is 71.4 Å². The van der Waals surface area contributed by atoms with E-state index in [9.17, 15) is 9.59 Å². The first-order valence-corrected chi connectivity index (χ1v) is 23.8. The Morgan fingerprint density at radius 1 is 0.500 bits per heavy atom. The van der Waals surface area contributed by atoms with Crippen LogP contribution in [0.5, 0.6) is 0 Å². The Kier molecular flexibility index (Phi) is 38.9. The molecule has 0 aromatic carbocycles. The molecule has 0 aromatic heterocycles. The fourth-order valence-electron chi connectivity index (χ4n) is 7.47. The average molecular weight is 767 g/mol. The van der Waals surface area contributed by atoms with Crippen molar-refractivity contribution in [2.75, 3.05) is 45.9 Å². The third-order valence-corrected chi connectivity index (χ3v) is 11.4. The van der Waals surface area contributed by atoms with Gasteiger partial charge in [-0.1, -0.05) is 169 Å². The van der Waals surface area contributed by atoms with E-state index in [1.54, 1.807) is 0 Å². The number of ether oxygens (including phenoxy) is 3. The van der Waals surface area contributed by atoms with Crippen LogP contribution in [0.1, 0.15) is 228 Å². The van der Waals surface area contributed by atoms with Crippen molar-refractivity contribution in [1.29, 1.82) is 0 Å². The summed E-state index contributed by atoms with van der Waals surface area (Å²) < 4.78 is 17.3. The molecule has 0 spiro atoms. The molecule has 1 unspecified atom stereocenters. The normalized spacial score (nSPS) is 12.9. The van der Waals surface area contributed by atoms with E-state index in [-0.39, 0.29) is 12.1 Å². The lowest BCUT2D eigenvalue weighted by atomic mass is 9.94. The van der Waals surface area contributed by atoms with E-state index in [2.05, 4.69) is 58.3 Å². The number of hydrogen-bond donors (Lipinski definition) is 0. The molecule has 0 N–H and O–H groups in total. The maximum atomic E-state index is 12.9. The molecule has 7 nitrogen and oxygen atoms in total. The summed E-state index contributed by atoms with van der Waals surface area (Å²) in [5.41, 5.74) is 0. The largest absolute Gasteiger partial charge is 0.508 e. The third-order valence-electron chi connectivity index (χ3n) is 11.4. The molecule has 0 aliphatic carbocycles. The fraction of sp³-hybridized carbons (Fsp3) is 0.957. The highest BCUT2D eigenvalue weighted by Crippen LogP contribution is 2.21. The number of unbranched alkanes of at least 4 members (excludes halogenated alkanes) is 19. The van der Waals surface area contributed by atoms with Gasteiger partial charge in [0.15, 0.2) is 0 Å². The maximum absolute atomic E-state index is 12.9. The maximum Gasteiger partial charge on any atom is 0.508 e. The van der Waals surface area contributed by atoms with Gasteiger partial charge in [-0.2, -0.15) is 0 Å². The van der Waals surface area contributed by atoms with Gasteiger partial charge in [0.2, 0.25) is 0 Å². The molecular formula is C47H94N2O5. The van der Waals surface area contributed by atoms with Crippen LogP contribution >= 0.6 is 0 Å². The summed E-state index contributed by atoms with van der Waals surface area (Å²) in [5.74, 6) is 0.362. The topological polar surface area (TPSA) is 68.3 Å². The summed E-state index contributed by atoms with van der Waals surface area (Å²) in [6, 6.07) is 0.381. The van der Waals surface area contributed by atoms with Crippen molar-refractivity contribution >= 4 is 12.1 Å².